The molecule has 2 rings (SSSR count). The molecule has 0 radical (unpaired) electrons. The van der Waals surface area contributed by atoms with Gasteiger partial charge in [0.25, 0.3) is 0 Å². The third-order valence-electron chi connectivity index (χ3n) is 4.33. The maximum atomic E-state index is 14.4. The molecule has 1 aliphatic rings. The molecule has 0 saturated heterocycles. The molecule has 1 aliphatic carbocycles. The Balaban J connectivity index is 2.11. The van der Waals surface area contributed by atoms with E-state index in [1.54, 1.807) is 12.1 Å². The smallest absolute Gasteiger partial charge is 0.173 e. The summed E-state index contributed by atoms with van der Waals surface area (Å²) in [6.45, 7) is 0.545. The van der Waals surface area contributed by atoms with E-state index in [0.29, 0.717) is 18.2 Å². The summed E-state index contributed by atoms with van der Waals surface area (Å²) in [5.41, 5.74) is 6.25. The van der Waals surface area contributed by atoms with Crippen LogP contribution >= 0.6 is 0 Å². The zero-order valence-electron chi connectivity index (χ0n) is 12.6. The lowest BCUT2D eigenvalue weighted by Gasteiger charge is -2.27. The van der Waals surface area contributed by atoms with Gasteiger partial charge in [0, 0.05) is 18.2 Å². The molecule has 5 heteroatoms. The molecular weight excluding hydrogens is 269 g/mol. The van der Waals surface area contributed by atoms with Crippen molar-refractivity contribution in [2.75, 3.05) is 7.05 Å². The molecule has 0 aromatic heterocycles. The Morgan fingerprint density at radius 3 is 2.62 bits per heavy atom. The average Bonchev–Trinajstić information content (AvgIpc) is 2.77. The van der Waals surface area contributed by atoms with E-state index in [9.17, 15) is 4.39 Å². The van der Waals surface area contributed by atoms with Crippen molar-refractivity contribution in [3.63, 3.8) is 0 Å². The number of hydrogen-bond donors (Lipinski definition) is 2. The molecule has 4 nitrogen and oxygen atoms in total. The summed E-state index contributed by atoms with van der Waals surface area (Å²) >= 11 is 0. The van der Waals surface area contributed by atoms with Crippen molar-refractivity contribution < 1.29 is 9.60 Å². The van der Waals surface area contributed by atoms with E-state index in [0.717, 1.165) is 0 Å². The number of nitrogens with two attached hydrogens (primary N) is 1. The molecule has 3 N–H and O–H groups in total. The molecule has 0 unspecified atom stereocenters. The lowest BCUT2D eigenvalue weighted by atomic mass is 10.0. The number of nitrogens with zero attached hydrogens (tertiary/aromatic N) is 2. The van der Waals surface area contributed by atoms with Crippen molar-refractivity contribution in [3.05, 3.63) is 35.1 Å². The summed E-state index contributed by atoms with van der Waals surface area (Å²) in [7, 11) is 2.05. The molecule has 0 amide bonds. The Hall–Kier alpha value is -1.62. The predicted octanol–water partition coefficient (Wildman–Crippen LogP) is 3.07. The number of rotatable bonds is 4. The van der Waals surface area contributed by atoms with E-state index >= 15 is 0 Å². The van der Waals surface area contributed by atoms with Gasteiger partial charge in [-0.15, -0.1) is 0 Å². The van der Waals surface area contributed by atoms with E-state index in [4.69, 9.17) is 10.9 Å². The molecule has 1 aromatic rings. The second kappa shape index (κ2) is 7.41. The van der Waals surface area contributed by atoms with Gasteiger partial charge in [-0.2, -0.15) is 0 Å². The molecule has 0 heterocycles. The molecule has 116 valence electrons. The first kappa shape index (κ1) is 15.8. The summed E-state index contributed by atoms with van der Waals surface area (Å²) in [5.74, 6) is -0.584. The van der Waals surface area contributed by atoms with Crippen LogP contribution in [0, 0.1) is 5.82 Å². The monoisotopic (exact) mass is 293 g/mol. The zero-order valence-corrected chi connectivity index (χ0v) is 12.6. The lowest BCUT2D eigenvalue weighted by Crippen LogP contribution is -2.31. The van der Waals surface area contributed by atoms with Crippen LogP contribution in [-0.2, 0) is 6.54 Å². The minimum atomic E-state index is -0.395. The number of halogens is 1. The summed E-state index contributed by atoms with van der Waals surface area (Å²) in [6, 6.07) is 5.54. The van der Waals surface area contributed by atoms with Crippen LogP contribution in [0.5, 0.6) is 0 Å². The van der Waals surface area contributed by atoms with Gasteiger partial charge in [-0.05, 0) is 26.0 Å². The first-order chi connectivity index (χ1) is 10.1. The van der Waals surface area contributed by atoms with Crippen LogP contribution in [0.2, 0.25) is 0 Å². The summed E-state index contributed by atoms with van der Waals surface area (Å²) < 4.78 is 14.4. The van der Waals surface area contributed by atoms with Crippen LogP contribution in [0.3, 0.4) is 0 Å². The highest BCUT2D eigenvalue weighted by molar-refractivity contribution is 5.97. The third kappa shape index (κ3) is 3.94. The summed E-state index contributed by atoms with van der Waals surface area (Å²) in [6.07, 6.45) is 7.47. The molecular formula is C16H24FN3O. The molecule has 0 spiro atoms. The van der Waals surface area contributed by atoms with Crippen LogP contribution in [0.1, 0.15) is 49.7 Å². The van der Waals surface area contributed by atoms with Crippen LogP contribution in [0.25, 0.3) is 0 Å². The van der Waals surface area contributed by atoms with Crippen molar-refractivity contribution in [2.45, 2.75) is 51.1 Å². The average molecular weight is 293 g/mol. The van der Waals surface area contributed by atoms with Gasteiger partial charge in [-0.25, -0.2) is 4.39 Å². The Labute approximate surface area is 125 Å². The van der Waals surface area contributed by atoms with Gasteiger partial charge in [-0.3, -0.25) is 4.90 Å². The minimum Gasteiger partial charge on any atom is -0.409 e. The lowest BCUT2D eigenvalue weighted by molar-refractivity contribution is 0.210. The molecule has 0 atom stereocenters. The molecule has 21 heavy (non-hydrogen) atoms. The maximum Gasteiger partial charge on any atom is 0.173 e. The molecule has 0 bridgehead atoms. The standard InChI is InChI=1S/C16H24FN3O/c1-20(13-8-4-2-3-5-9-13)11-12-7-6-10-14(15(12)17)16(18)19-21/h6-7,10,13,21H,2-5,8-9,11H2,1H3,(H2,18,19). The Kier molecular flexibility index (Phi) is 5.56. The topological polar surface area (TPSA) is 61.8 Å². The van der Waals surface area contributed by atoms with Crippen molar-refractivity contribution in [1.29, 1.82) is 0 Å². The Morgan fingerprint density at radius 1 is 1.33 bits per heavy atom. The van der Waals surface area contributed by atoms with E-state index in [1.165, 1.54) is 44.6 Å². The van der Waals surface area contributed by atoms with Gasteiger partial charge in [0.15, 0.2) is 5.84 Å². The second-order valence-corrected chi connectivity index (χ2v) is 5.82. The van der Waals surface area contributed by atoms with Gasteiger partial charge in [-0.1, -0.05) is 43.0 Å². The number of amidine groups is 1. The van der Waals surface area contributed by atoms with Gasteiger partial charge < -0.3 is 10.9 Å². The largest absolute Gasteiger partial charge is 0.409 e. The Bertz CT molecular complexity index is 496. The first-order valence-electron chi connectivity index (χ1n) is 7.59. The first-order valence-corrected chi connectivity index (χ1v) is 7.59. The predicted molar refractivity (Wildman–Crippen MR) is 81.9 cm³/mol. The van der Waals surface area contributed by atoms with Crippen molar-refractivity contribution in [1.82, 2.24) is 4.90 Å². The highest BCUT2D eigenvalue weighted by Crippen LogP contribution is 2.23. The second-order valence-electron chi connectivity index (χ2n) is 5.82. The van der Waals surface area contributed by atoms with Gasteiger partial charge in [0.2, 0.25) is 0 Å². The highest BCUT2D eigenvalue weighted by Gasteiger charge is 2.19. The Morgan fingerprint density at radius 2 is 2.00 bits per heavy atom. The van der Waals surface area contributed by atoms with E-state index in [1.807, 2.05) is 7.05 Å². The normalized spacial score (nSPS) is 18.0. The third-order valence-corrected chi connectivity index (χ3v) is 4.33. The summed E-state index contributed by atoms with van der Waals surface area (Å²) in [5, 5.41) is 11.6. The van der Waals surface area contributed by atoms with Crippen LogP contribution < -0.4 is 5.73 Å². The maximum absolute atomic E-state index is 14.4. The molecule has 1 fully saturated rings. The molecule has 0 aliphatic heterocycles. The fourth-order valence-electron chi connectivity index (χ4n) is 3.05. The van der Waals surface area contributed by atoms with Crippen molar-refractivity contribution in [3.8, 4) is 0 Å². The SMILES string of the molecule is CN(Cc1cccc(/C(N)=N/O)c1F)C1CCCCCC1. The molecule has 1 saturated carbocycles. The molecule has 1 aromatic carbocycles. The van der Waals surface area contributed by atoms with Crippen molar-refractivity contribution >= 4 is 5.84 Å². The highest BCUT2D eigenvalue weighted by atomic mass is 19.1. The number of benzene rings is 1. The van der Waals surface area contributed by atoms with Gasteiger partial charge in [0.1, 0.15) is 5.82 Å². The van der Waals surface area contributed by atoms with Gasteiger partial charge >= 0.3 is 0 Å². The summed E-state index contributed by atoms with van der Waals surface area (Å²) in [4.78, 5) is 2.22. The number of oxime groups is 1. The van der Waals surface area contributed by atoms with Crippen LogP contribution in [0.4, 0.5) is 4.39 Å². The van der Waals surface area contributed by atoms with Crippen LogP contribution in [0.15, 0.2) is 23.4 Å². The fourth-order valence-corrected chi connectivity index (χ4v) is 3.05. The van der Waals surface area contributed by atoms with E-state index < -0.39 is 5.82 Å². The van der Waals surface area contributed by atoms with Crippen molar-refractivity contribution in [2.24, 2.45) is 10.9 Å². The van der Waals surface area contributed by atoms with Crippen LogP contribution in [-0.4, -0.2) is 29.0 Å². The van der Waals surface area contributed by atoms with E-state index in [2.05, 4.69) is 10.1 Å². The zero-order chi connectivity index (χ0) is 15.2. The minimum absolute atomic E-state index is 0.157. The van der Waals surface area contributed by atoms with E-state index in [-0.39, 0.29) is 11.4 Å². The number of hydrogen-bond acceptors (Lipinski definition) is 3. The quantitative estimate of drug-likeness (QED) is 0.295. The fraction of sp³-hybridized carbons (Fsp3) is 0.562. The van der Waals surface area contributed by atoms with Gasteiger partial charge in [0.05, 0.1) is 5.56 Å².